The largest absolute Gasteiger partial charge is 0.243 e. The molecule has 2 aromatic rings. The van der Waals surface area contributed by atoms with Crippen LogP contribution < -0.4 is 0 Å². The van der Waals surface area contributed by atoms with E-state index >= 15 is 0 Å². The second-order valence-corrected chi connectivity index (χ2v) is 5.56. The Morgan fingerprint density at radius 3 is 2.92 bits per heavy atom. The Morgan fingerprint density at radius 1 is 1.54 bits per heavy atom. The Labute approximate surface area is 93.6 Å². The maximum Gasteiger partial charge on any atom is 0.133 e. The molecular weight excluding hydrogens is 266 g/mol. The van der Waals surface area contributed by atoms with E-state index in [0.29, 0.717) is 0 Å². The number of hydrogen-bond acceptors (Lipinski definition) is 3. The van der Waals surface area contributed by atoms with E-state index in [0.717, 1.165) is 15.9 Å². The van der Waals surface area contributed by atoms with Gasteiger partial charge in [0.2, 0.25) is 0 Å². The van der Waals surface area contributed by atoms with E-state index in [-0.39, 0.29) is 0 Å². The van der Waals surface area contributed by atoms with Crippen molar-refractivity contribution in [3.8, 4) is 9.88 Å². The molecule has 0 aliphatic rings. The molecular formula is C9H8BrNS2. The Hall–Kier alpha value is -0.190. The summed E-state index contributed by atoms with van der Waals surface area (Å²) in [7, 11) is 0. The molecule has 0 radical (unpaired) electrons. The lowest BCUT2D eigenvalue weighted by Crippen LogP contribution is -1.65. The first kappa shape index (κ1) is 9.37. The van der Waals surface area contributed by atoms with Crippen molar-refractivity contribution >= 4 is 38.6 Å². The molecule has 0 bridgehead atoms. The third kappa shape index (κ3) is 2.00. The van der Waals surface area contributed by atoms with Gasteiger partial charge in [-0.25, -0.2) is 4.98 Å². The van der Waals surface area contributed by atoms with Crippen molar-refractivity contribution in [3.05, 3.63) is 27.0 Å². The van der Waals surface area contributed by atoms with Crippen molar-refractivity contribution in [2.75, 3.05) is 0 Å². The van der Waals surface area contributed by atoms with Gasteiger partial charge in [0.1, 0.15) is 5.01 Å². The first-order valence-corrected chi connectivity index (χ1v) is 6.47. The monoisotopic (exact) mass is 273 g/mol. The van der Waals surface area contributed by atoms with E-state index in [1.54, 1.807) is 22.7 Å². The van der Waals surface area contributed by atoms with Gasteiger partial charge in [0.05, 0.1) is 4.88 Å². The number of thiophene rings is 1. The molecule has 4 heteroatoms. The van der Waals surface area contributed by atoms with Crippen LogP contribution in [0.5, 0.6) is 0 Å². The molecule has 0 unspecified atom stereocenters. The zero-order valence-corrected chi connectivity index (χ0v) is 10.3. The maximum atomic E-state index is 4.38. The van der Waals surface area contributed by atoms with Crippen LogP contribution in [-0.2, 0) is 6.42 Å². The van der Waals surface area contributed by atoms with E-state index < -0.39 is 0 Å². The van der Waals surface area contributed by atoms with Crippen molar-refractivity contribution in [1.29, 1.82) is 0 Å². The zero-order chi connectivity index (χ0) is 9.26. The van der Waals surface area contributed by atoms with E-state index in [1.807, 2.05) is 6.20 Å². The lowest BCUT2D eigenvalue weighted by molar-refractivity contribution is 1.17. The lowest BCUT2D eigenvalue weighted by atomic mass is 10.4. The Kier molecular flexibility index (Phi) is 2.81. The Bertz CT molecular complexity index is 405. The van der Waals surface area contributed by atoms with Crippen LogP contribution in [0.4, 0.5) is 0 Å². The topological polar surface area (TPSA) is 12.9 Å². The summed E-state index contributed by atoms with van der Waals surface area (Å²) in [5.74, 6) is 0. The molecule has 0 saturated heterocycles. The number of thiazole rings is 1. The van der Waals surface area contributed by atoms with Crippen molar-refractivity contribution in [3.63, 3.8) is 0 Å². The molecule has 0 aromatic carbocycles. The number of halogens is 1. The van der Waals surface area contributed by atoms with Gasteiger partial charge >= 0.3 is 0 Å². The molecule has 0 atom stereocenters. The quantitative estimate of drug-likeness (QED) is 0.800. The highest BCUT2D eigenvalue weighted by Crippen LogP contribution is 2.32. The minimum Gasteiger partial charge on any atom is -0.243 e. The fourth-order valence-electron chi connectivity index (χ4n) is 1.01. The van der Waals surface area contributed by atoms with Crippen LogP contribution in [0.2, 0.25) is 0 Å². The number of aromatic nitrogens is 1. The average Bonchev–Trinajstić information content (AvgIpc) is 2.71. The zero-order valence-electron chi connectivity index (χ0n) is 7.08. The second-order valence-electron chi connectivity index (χ2n) is 2.61. The van der Waals surface area contributed by atoms with Gasteiger partial charge in [-0.2, -0.15) is 0 Å². The van der Waals surface area contributed by atoms with Crippen LogP contribution >= 0.6 is 38.6 Å². The van der Waals surface area contributed by atoms with Crippen LogP contribution in [0.15, 0.2) is 22.1 Å². The molecule has 2 aromatic heterocycles. The van der Waals surface area contributed by atoms with E-state index in [2.05, 4.69) is 39.3 Å². The van der Waals surface area contributed by atoms with Gasteiger partial charge in [0.15, 0.2) is 0 Å². The van der Waals surface area contributed by atoms with Crippen LogP contribution in [0.1, 0.15) is 11.8 Å². The molecule has 0 aliphatic carbocycles. The van der Waals surface area contributed by atoms with Crippen LogP contribution in [0.3, 0.4) is 0 Å². The molecule has 0 spiro atoms. The van der Waals surface area contributed by atoms with E-state index in [9.17, 15) is 0 Å². The number of hydrogen-bond donors (Lipinski definition) is 0. The molecule has 0 fully saturated rings. The molecule has 13 heavy (non-hydrogen) atoms. The molecule has 0 saturated carbocycles. The van der Waals surface area contributed by atoms with Gasteiger partial charge in [0.25, 0.3) is 0 Å². The summed E-state index contributed by atoms with van der Waals surface area (Å²) in [6.45, 7) is 2.15. The van der Waals surface area contributed by atoms with Crippen LogP contribution in [-0.4, -0.2) is 4.98 Å². The summed E-state index contributed by atoms with van der Waals surface area (Å²) in [6.07, 6.45) is 3.04. The van der Waals surface area contributed by atoms with Gasteiger partial charge in [-0.05, 0) is 28.4 Å². The van der Waals surface area contributed by atoms with E-state index in [1.165, 1.54) is 9.75 Å². The fraction of sp³-hybridized carbons (Fsp3) is 0.222. The van der Waals surface area contributed by atoms with Crippen LogP contribution in [0, 0.1) is 0 Å². The standard InChI is InChI=1S/C9H8BrNS2/c1-2-7-4-11-9(13-7)8-3-6(10)5-12-8/h3-5H,2H2,1H3. The highest BCUT2D eigenvalue weighted by atomic mass is 79.9. The van der Waals surface area contributed by atoms with Gasteiger partial charge < -0.3 is 0 Å². The average molecular weight is 274 g/mol. The number of nitrogens with zero attached hydrogens (tertiary/aromatic N) is 1. The predicted octanol–water partition coefficient (Wildman–Crippen LogP) is 4.20. The van der Waals surface area contributed by atoms with Gasteiger partial charge in [0, 0.05) is 20.9 Å². The van der Waals surface area contributed by atoms with Crippen molar-refractivity contribution in [1.82, 2.24) is 4.98 Å². The summed E-state index contributed by atoms with van der Waals surface area (Å²) in [5.41, 5.74) is 0. The number of rotatable bonds is 2. The van der Waals surface area contributed by atoms with Crippen molar-refractivity contribution < 1.29 is 0 Å². The third-order valence-electron chi connectivity index (χ3n) is 1.68. The van der Waals surface area contributed by atoms with Gasteiger partial charge in [-0.15, -0.1) is 22.7 Å². The molecule has 0 amide bonds. The SMILES string of the molecule is CCc1cnc(-c2cc(Br)cs2)s1. The summed E-state index contributed by atoms with van der Waals surface area (Å²) in [5, 5.41) is 3.22. The summed E-state index contributed by atoms with van der Waals surface area (Å²) in [4.78, 5) is 6.97. The molecule has 0 N–H and O–H groups in total. The fourth-order valence-corrected chi connectivity index (χ4v) is 3.36. The minimum absolute atomic E-state index is 1.07. The van der Waals surface area contributed by atoms with Gasteiger partial charge in [-0.3, -0.25) is 0 Å². The maximum absolute atomic E-state index is 4.38. The molecule has 2 rings (SSSR count). The number of aryl methyl sites for hydroxylation is 1. The summed E-state index contributed by atoms with van der Waals surface area (Å²) < 4.78 is 1.14. The minimum atomic E-state index is 1.07. The summed E-state index contributed by atoms with van der Waals surface area (Å²) >= 11 is 6.95. The summed E-state index contributed by atoms with van der Waals surface area (Å²) in [6, 6.07) is 2.11. The molecule has 2 heterocycles. The first-order valence-electron chi connectivity index (χ1n) is 3.98. The highest BCUT2D eigenvalue weighted by Gasteiger charge is 2.05. The van der Waals surface area contributed by atoms with Crippen molar-refractivity contribution in [2.45, 2.75) is 13.3 Å². The van der Waals surface area contributed by atoms with Gasteiger partial charge in [-0.1, -0.05) is 6.92 Å². The van der Waals surface area contributed by atoms with E-state index in [4.69, 9.17) is 0 Å². The van der Waals surface area contributed by atoms with Crippen molar-refractivity contribution in [2.24, 2.45) is 0 Å². The lowest BCUT2D eigenvalue weighted by Gasteiger charge is -1.85. The normalized spacial score (nSPS) is 10.6. The molecule has 1 nitrogen and oxygen atoms in total. The third-order valence-corrected chi connectivity index (χ3v) is 4.68. The Morgan fingerprint density at radius 2 is 2.38 bits per heavy atom. The molecule has 0 aliphatic heterocycles. The molecule has 68 valence electrons. The predicted molar refractivity (Wildman–Crippen MR) is 62.5 cm³/mol. The highest BCUT2D eigenvalue weighted by molar-refractivity contribution is 9.10. The Balaban J connectivity index is 2.35. The van der Waals surface area contributed by atoms with Crippen LogP contribution in [0.25, 0.3) is 9.88 Å². The second kappa shape index (κ2) is 3.90. The first-order chi connectivity index (χ1) is 6.29. The smallest absolute Gasteiger partial charge is 0.133 e.